The monoisotopic (exact) mass is 256 g/mol. The summed E-state index contributed by atoms with van der Waals surface area (Å²) < 4.78 is 5.23. The lowest BCUT2D eigenvalue weighted by Gasteiger charge is -2.31. The zero-order chi connectivity index (χ0) is 13.3. The van der Waals surface area contributed by atoms with Gasteiger partial charge in [-0.2, -0.15) is 0 Å². The maximum Gasteiger partial charge on any atom is 0.329 e. The second-order valence-corrected chi connectivity index (χ2v) is 5.34. The Morgan fingerprint density at radius 3 is 2.50 bits per heavy atom. The molecule has 6 nitrogen and oxygen atoms in total. The van der Waals surface area contributed by atoms with Crippen molar-refractivity contribution in [1.29, 1.82) is 0 Å². The summed E-state index contributed by atoms with van der Waals surface area (Å²) in [6, 6.07) is -0.287. The van der Waals surface area contributed by atoms with Gasteiger partial charge in [0, 0.05) is 13.7 Å². The first-order chi connectivity index (χ1) is 8.45. The van der Waals surface area contributed by atoms with E-state index in [-0.39, 0.29) is 18.0 Å². The number of rotatable bonds is 4. The lowest BCUT2D eigenvalue weighted by atomic mass is 9.96. The zero-order valence-electron chi connectivity index (χ0n) is 10.8. The van der Waals surface area contributed by atoms with Gasteiger partial charge in [0.25, 0.3) is 0 Å². The van der Waals surface area contributed by atoms with Crippen LogP contribution in [0.25, 0.3) is 0 Å². The Morgan fingerprint density at radius 2 is 2.06 bits per heavy atom. The number of nitrogens with zero attached hydrogens (tertiary/aromatic N) is 1. The van der Waals surface area contributed by atoms with Crippen molar-refractivity contribution in [3.63, 3.8) is 0 Å². The Morgan fingerprint density at radius 1 is 1.39 bits per heavy atom. The molecule has 1 aliphatic heterocycles. The standard InChI is InChI=1S/C12H20N2O4/c1-12(10(15)16,8-3-4-8)13-11(17)14(2)9-5-6-18-7-9/h8-9H,3-7H2,1-2H3,(H,13,17)(H,15,16). The molecule has 0 aromatic carbocycles. The molecule has 102 valence electrons. The van der Waals surface area contributed by atoms with Crippen molar-refractivity contribution in [2.45, 2.75) is 37.8 Å². The largest absolute Gasteiger partial charge is 0.480 e. The van der Waals surface area contributed by atoms with Crippen LogP contribution in [0.15, 0.2) is 0 Å². The topological polar surface area (TPSA) is 78.9 Å². The number of carbonyl (C=O) groups excluding carboxylic acids is 1. The van der Waals surface area contributed by atoms with E-state index in [4.69, 9.17) is 4.74 Å². The van der Waals surface area contributed by atoms with Gasteiger partial charge in [-0.05, 0) is 32.1 Å². The molecule has 2 rings (SSSR count). The lowest BCUT2D eigenvalue weighted by molar-refractivity contribution is -0.144. The first kappa shape index (κ1) is 13.1. The fraction of sp³-hybridized carbons (Fsp3) is 0.833. The number of amides is 2. The van der Waals surface area contributed by atoms with E-state index in [9.17, 15) is 14.7 Å². The summed E-state index contributed by atoms with van der Waals surface area (Å²) in [5.74, 6) is -0.915. The van der Waals surface area contributed by atoms with Crippen molar-refractivity contribution < 1.29 is 19.4 Å². The molecule has 1 heterocycles. The quantitative estimate of drug-likeness (QED) is 0.775. The van der Waals surface area contributed by atoms with Gasteiger partial charge in [-0.25, -0.2) is 9.59 Å². The molecule has 2 fully saturated rings. The fourth-order valence-corrected chi connectivity index (χ4v) is 2.29. The van der Waals surface area contributed by atoms with Crippen molar-refractivity contribution in [2.75, 3.05) is 20.3 Å². The zero-order valence-corrected chi connectivity index (χ0v) is 10.8. The van der Waals surface area contributed by atoms with Gasteiger partial charge < -0.3 is 20.1 Å². The van der Waals surface area contributed by atoms with E-state index in [2.05, 4.69) is 5.32 Å². The molecular weight excluding hydrogens is 236 g/mol. The van der Waals surface area contributed by atoms with Crippen LogP contribution in [-0.4, -0.2) is 53.8 Å². The Kier molecular flexibility index (Phi) is 3.47. The summed E-state index contributed by atoms with van der Waals surface area (Å²) >= 11 is 0. The molecule has 0 bridgehead atoms. The maximum atomic E-state index is 12.1. The van der Waals surface area contributed by atoms with Crippen LogP contribution in [-0.2, 0) is 9.53 Å². The second kappa shape index (κ2) is 4.76. The van der Waals surface area contributed by atoms with E-state index >= 15 is 0 Å². The molecule has 1 saturated heterocycles. The average Bonchev–Trinajstić information content (AvgIpc) is 3.04. The molecule has 2 N–H and O–H groups in total. The number of nitrogens with one attached hydrogen (secondary N) is 1. The molecule has 1 aliphatic carbocycles. The molecular formula is C12H20N2O4. The molecule has 1 saturated carbocycles. The number of hydrogen-bond acceptors (Lipinski definition) is 3. The van der Waals surface area contributed by atoms with Crippen LogP contribution in [0.1, 0.15) is 26.2 Å². The number of ether oxygens (including phenoxy) is 1. The van der Waals surface area contributed by atoms with Crippen molar-refractivity contribution in [2.24, 2.45) is 5.92 Å². The van der Waals surface area contributed by atoms with E-state index < -0.39 is 11.5 Å². The Labute approximate surface area is 106 Å². The van der Waals surface area contributed by atoms with Crippen LogP contribution in [0.3, 0.4) is 0 Å². The van der Waals surface area contributed by atoms with Crippen molar-refractivity contribution >= 4 is 12.0 Å². The predicted molar refractivity (Wildman–Crippen MR) is 64.3 cm³/mol. The van der Waals surface area contributed by atoms with E-state index in [1.807, 2.05) is 0 Å². The highest BCUT2D eigenvalue weighted by atomic mass is 16.5. The van der Waals surface area contributed by atoms with Gasteiger partial charge in [-0.15, -0.1) is 0 Å². The number of carboxylic acids is 1. The minimum absolute atomic E-state index is 0.0437. The summed E-state index contributed by atoms with van der Waals surface area (Å²) in [6.45, 7) is 2.77. The molecule has 0 aromatic heterocycles. The SMILES string of the molecule is CN(C(=O)NC(C)(C(=O)O)C1CC1)C1CCOC1. The van der Waals surface area contributed by atoms with Gasteiger partial charge in [0.1, 0.15) is 5.54 Å². The van der Waals surface area contributed by atoms with Crippen LogP contribution < -0.4 is 5.32 Å². The summed E-state index contributed by atoms with van der Waals surface area (Å²) in [6.07, 6.45) is 2.52. The van der Waals surface area contributed by atoms with Crippen LogP contribution in [0.4, 0.5) is 4.79 Å². The van der Waals surface area contributed by atoms with Crippen LogP contribution in [0.5, 0.6) is 0 Å². The minimum Gasteiger partial charge on any atom is -0.480 e. The Bertz CT molecular complexity index is 350. The normalized spacial score (nSPS) is 26.4. The number of aliphatic carboxylic acids is 1. The first-order valence-corrected chi connectivity index (χ1v) is 6.31. The molecule has 18 heavy (non-hydrogen) atoms. The molecule has 0 aromatic rings. The van der Waals surface area contributed by atoms with E-state index in [1.54, 1.807) is 18.9 Å². The summed E-state index contributed by atoms with van der Waals surface area (Å²) in [5.41, 5.74) is -1.15. The van der Waals surface area contributed by atoms with E-state index in [1.165, 1.54) is 0 Å². The van der Waals surface area contributed by atoms with Crippen LogP contribution in [0, 0.1) is 5.92 Å². The lowest BCUT2D eigenvalue weighted by Crippen LogP contribution is -2.58. The molecule has 6 heteroatoms. The van der Waals surface area contributed by atoms with Gasteiger partial charge in [0.15, 0.2) is 0 Å². The summed E-state index contributed by atoms with van der Waals surface area (Å²) in [7, 11) is 1.68. The highest BCUT2D eigenvalue weighted by Gasteiger charge is 2.49. The number of carbonyl (C=O) groups is 2. The number of urea groups is 1. The third kappa shape index (κ3) is 2.43. The fourth-order valence-electron chi connectivity index (χ4n) is 2.29. The summed E-state index contributed by atoms with van der Waals surface area (Å²) in [5, 5.41) is 11.9. The van der Waals surface area contributed by atoms with Gasteiger partial charge in [0.2, 0.25) is 0 Å². The van der Waals surface area contributed by atoms with Crippen molar-refractivity contribution in [3.05, 3.63) is 0 Å². The third-order valence-electron chi connectivity index (χ3n) is 3.98. The number of carboxylic acid groups (broad SMARTS) is 1. The highest BCUT2D eigenvalue weighted by molar-refractivity contribution is 5.86. The van der Waals surface area contributed by atoms with Crippen LogP contribution >= 0.6 is 0 Å². The molecule has 2 atom stereocenters. The van der Waals surface area contributed by atoms with Crippen molar-refractivity contribution in [1.82, 2.24) is 10.2 Å². The maximum absolute atomic E-state index is 12.1. The number of hydrogen-bond donors (Lipinski definition) is 2. The van der Waals surface area contributed by atoms with Gasteiger partial charge in [-0.3, -0.25) is 0 Å². The number of likely N-dealkylation sites (N-methyl/N-ethyl adjacent to an activating group) is 1. The molecule has 0 radical (unpaired) electrons. The average molecular weight is 256 g/mol. The Hall–Kier alpha value is -1.30. The summed E-state index contributed by atoms with van der Waals surface area (Å²) in [4.78, 5) is 25.0. The predicted octanol–water partition coefficient (Wildman–Crippen LogP) is 0.670. The van der Waals surface area contributed by atoms with Crippen molar-refractivity contribution in [3.8, 4) is 0 Å². The molecule has 0 spiro atoms. The second-order valence-electron chi connectivity index (χ2n) is 5.34. The van der Waals surface area contributed by atoms with E-state index in [0.717, 1.165) is 19.3 Å². The smallest absolute Gasteiger partial charge is 0.329 e. The third-order valence-corrected chi connectivity index (χ3v) is 3.98. The molecule has 2 amide bonds. The van der Waals surface area contributed by atoms with Gasteiger partial charge in [0.05, 0.1) is 12.6 Å². The molecule has 2 aliphatic rings. The minimum atomic E-state index is -1.15. The van der Waals surface area contributed by atoms with Gasteiger partial charge >= 0.3 is 12.0 Å². The first-order valence-electron chi connectivity index (χ1n) is 6.31. The van der Waals surface area contributed by atoms with Crippen LogP contribution in [0.2, 0.25) is 0 Å². The van der Waals surface area contributed by atoms with Gasteiger partial charge in [-0.1, -0.05) is 0 Å². The Balaban J connectivity index is 1.98. The highest BCUT2D eigenvalue weighted by Crippen LogP contribution is 2.39. The van der Waals surface area contributed by atoms with E-state index in [0.29, 0.717) is 13.2 Å². The molecule has 2 unspecified atom stereocenters.